The number of nitrogens with one attached hydrogen (secondary N) is 1. The van der Waals surface area contributed by atoms with Crippen LogP contribution in [0.4, 0.5) is 5.69 Å². The lowest BCUT2D eigenvalue weighted by Crippen LogP contribution is -2.19. The molecule has 1 amide bonds. The lowest BCUT2D eigenvalue weighted by molar-refractivity contribution is -0.115. The Balaban J connectivity index is 1.59. The first-order valence-corrected chi connectivity index (χ1v) is 10.5. The van der Waals surface area contributed by atoms with Crippen LogP contribution in [-0.4, -0.2) is 15.6 Å². The molecule has 0 radical (unpaired) electrons. The Kier molecular flexibility index (Phi) is 5.50. The van der Waals surface area contributed by atoms with E-state index in [4.69, 9.17) is 0 Å². The van der Waals surface area contributed by atoms with E-state index in [0.29, 0.717) is 10.1 Å². The average molecular weight is 452 g/mol. The zero-order chi connectivity index (χ0) is 19.5. The van der Waals surface area contributed by atoms with Gasteiger partial charge in [-0.25, -0.2) is 4.99 Å². The summed E-state index contributed by atoms with van der Waals surface area (Å²) in [6, 6.07) is 20.1. The Morgan fingerprint density at radius 2 is 1.96 bits per heavy atom. The Morgan fingerprint density at radius 3 is 2.71 bits per heavy atom. The highest BCUT2D eigenvalue weighted by atomic mass is 79.9. The van der Waals surface area contributed by atoms with Crippen molar-refractivity contribution < 1.29 is 4.79 Å². The van der Waals surface area contributed by atoms with Crippen molar-refractivity contribution in [2.45, 2.75) is 13.3 Å². The Morgan fingerprint density at radius 1 is 1.14 bits per heavy atom. The van der Waals surface area contributed by atoms with Crippen LogP contribution in [0.2, 0.25) is 0 Å². The van der Waals surface area contributed by atoms with Gasteiger partial charge in [0.1, 0.15) is 0 Å². The predicted molar refractivity (Wildman–Crippen MR) is 120 cm³/mol. The fourth-order valence-electron chi connectivity index (χ4n) is 2.91. The predicted octanol–water partition coefficient (Wildman–Crippen LogP) is 5.69. The maximum Gasteiger partial charge on any atom is 0.264 e. The zero-order valence-corrected chi connectivity index (χ0v) is 17.6. The van der Waals surface area contributed by atoms with E-state index in [1.54, 1.807) is 0 Å². The molecule has 0 unspecified atom stereocenters. The molecule has 1 saturated heterocycles. The molecule has 6 heteroatoms. The monoisotopic (exact) mass is 451 g/mol. The third-order valence-corrected chi connectivity index (χ3v) is 5.77. The Bertz CT molecular complexity index is 1080. The van der Waals surface area contributed by atoms with Crippen LogP contribution in [0.3, 0.4) is 0 Å². The van der Waals surface area contributed by atoms with Gasteiger partial charge in [0, 0.05) is 22.1 Å². The second-order valence-corrected chi connectivity index (χ2v) is 8.23. The number of carbonyl (C=O) groups excluding carboxylic acids is 1. The topological polar surface area (TPSA) is 46.4 Å². The molecule has 1 aromatic heterocycles. The summed E-state index contributed by atoms with van der Waals surface area (Å²) in [4.78, 5) is 17.6. The van der Waals surface area contributed by atoms with Crippen LogP contribution in [0, 0.1) is 0 Å². The van der Waals surface area contributed by atoms with Gasteiger partial charge in [-0.2, -0.15) is 0 Å². The van der Waals surface area contributed by atoms with Gasteiger partial charge in [0.2, 0.25) is 0 Å². The third kappa shape index (κ3) is 4.13. The van der Waals surface area contributed by atoms with Crippen molar-refractivity contribution in [1.29, 1.82) is 0 Å². The normalized spacial score (nSPS) is 16.7. The van der Waals surface area contributed by atoms with E-state index >= 15 is 0 Å². The van der Waals surface area contributed by atoms with Gasteiger partial charge in [0.05, 0.1) is 10.6 Å². The summed E-state index contributed by atoms with van der Waals surface area (Å²) in [5.74, 6) is -0.129. The lowest BCUT2D eigenvalue weighted by Gasteiger charge is -2.07. The fraction of sp³-hybridized carbons (Fsp3) is 0.0909. The quantitative estimate of drug-likeness (QED) is 0.517. The third-order valence-electron chi connectivity index (χ3n) is 4.37. The van der Waals surface area contributed by atoms with Crippen molar-refractivity contribution in [2.75, 3.05) is 0 Å². The van der Waals surface area contributed by atoms with E-state index in [2.05, 4.69) is 45.3 Å². The summed E-state index contributed by atoms with van der Waals surface area (Å²) in [5, 5.41) is 3.45. The molecule has 4 rings (SSSR count). The molecule has 4 nitrogen and oxygen atoms in total. The first-order valence-electron chi connectivity index (χ1n) is 8.94. The van der Waals surface area contributed by atoms with Crippen LogP contribution in [-0.2, 0) is 11.2 Å². The lowest BCUT2D eigenvalue weighted by atomic mass is 10.2. The highest BCUT2D eigenvalue weighted by Crippen LogP contribution is 2.29. The number of thioether (sulfide) groups is 1. The highest BCUT2D eigenvalue weighted by Gasteiger charge is 2.24. The molecule has 1 aliphatic heterocycles. The molecule has 140 valence electrons. The molecule has 28 heavy (non-hydrogen) atoms. The second kappa shape index (κ2) is 8.20. The van der Waals surface area contributed by atoms with Gasteiger partial charge in [-0.1, -0.05) is 41.1 Å². The standard InChI is InChI=1S/C22H18BrN3OS/c1-2-15-8-10-17(11-9-15)24-22-25-21(27)20(28-22)14-19-7-4-12-26(19)18-6-3-5-16(23)13-18/h3-14H,2H2,1H3,(H,24,25,27)/b20-14-. The van der Waals surface area contributed by atoms with Gasteiger partial charge in [-0.05, 0) is 72.3 Å². The van der Waals surface area contributed by atoms with Gasteiger partial charge < -0.3 is 9.88 Å². The summed E-state index contributed by atoms with van der Waals surface area (Å²) >= 11 is 4.86. The molecule has 1 N–H and O–H groups in total. The average Bonchev–Trinajstić information content (AvgIpc) is 3.29. The summed E-state index contributed by atoms with van der Waals surface area (Å²) in [5.41, 5.74) is 4.06. The largest absolute Gasteiger partial charge is 0.317 e. The van der Waals surface area contributed by atoms with Crippen LogP contribution in [0.1, 0.15) is 18.2 Å². The first kappa shape index (κ1) is 18.8. The van der Waals surface area contributed by atoms with E-state index in [1.807, 2.05) is 65.4 Å². The first-order chi connectivity index (χ1) is 13.6. The maximum atomic E-state index is 12.4. The maximum absolute atomic E-state index is 12.4. The summed E-state index contributed by atoms with van der Waals surface area (Å²) in [7, 11) is 0. The molecular weight excluding hydrogens is 434 g/mol. The van der Waals surface area contributed by atoms with Gasteiger partial charge in [-0.15, -0.1) is 0 Å². The minimum Gasteiger partial charge on any atom is -0.317 e. The van der Waals surface area contributed by atoms with Crippen LogP contribution < -0.4 is 5.32 Å². The van der Waals surface area contributed by atoms with Crippen LogP contribution in [0.25, 0.3) is 11.8 Å². The summed E-state index contributed by atoms with van der Waals surface area (Å²) < 4.78 is 3.05. The van der Waals surface area contributed by atoms with Crippen LogP contribution in [0.15, 0.2) is 81.2 Å². The molecule has 0 spiro atoms. The second-order valence-electron chi connectivity index (χ2n) is 6.28. The fourth-order valence-corrected chi connectivity index (χ4v) is 4.12. The number of aliphatic imine (C=N–C) groups is 1. The van der Waals surface area contributed by atoms with Crippen molar-refractivity contribution in [3.63, 3.8) is 0 Å². The van der Waals surface area contributed by atoms with Gasteiger partial charge in [0.15, 0.2) is 5.17 Å². The van der Waals surface area contributed by atoms with Crippen molar-refractivity contribution in [3.8, 4) is 5.69 Å². The number of carbonyl (C=O) groups is 1. The molecule has 0 bridgehead atoms. The molecule has 2 aromatic carbocycles. The smallest absolute Gasteiger partial charge is 0.264 e. The minimum atomic E-state index is -0.129. The number of nitrogens with zero attached hydrogens (tertiary/aromatic N) is 2. The Labute approximate surface area is 176 Å². The number of halogens is 1. The molecule has 0 aliphatic carbocycles. The van der Waals surface area contributed by atoms with Crippen LogP contribution >= 0.6 is 27.7 Å². The number of aromatic nitrogens is 1. The molecule has 2 heterocycles. The summed E-state index contributed by atoms with van der Waals surface area (Å²) in [6.07, 6.45) is 4.87. The molecular formula is C22H18BrN3OS. The van der Waals surface area contributed by atoms with E-state index in [-0.39, 0.29) is 5.91 Å². The SMILES string of the molecule is CCc1ccc(N=C2NC(=O)/C(=C/c3cccn3-c3cccc(Br)c3)S2)cc1. The van der Waals surface area contributed by atoms with Crippen molar-refractivity contribution >= 4 is 50.5 Å². The molecule has 0 saturated carbocycles. The van der Waals surface area contributed by atoms with Gasteiger partial charge in [0.25, 0.3) is 5.91 Å². The van der Waals surface area contributed by atoms with Gasteiger partial charge in [-0.3, -0.25) is 4.79 Å². The van der Waals surface area contributed by atoms with Crippen molar-refractivity contribution in [2.24, 2.45) is 4.99 Å². The van der Waals surface area contributed by atoms with Crippen molar-refractivity contribution in [1.82, 2.24) is 9.88 Å². The summed E-state index contributed by atoms with van der Waals surface area (Å²) in [6.45, 7) is 2.12. The number of amidine groups is 1. The van der Waals surface area contributed by atoms with E-state index in [0.717, 1.165) is 28.0 Å². The highest BCUT2D eigenvalue weighted by molar-refractivity contribution is 9.10. The minimum absolute atomic E-state index is 0.129. The molecule has 1 aliphatic rings. The van der Waals surface area contributed by atoms with Crippen LogP contribution in [0.5, 0.6) is 0 Å². The number of hydrogen-bond donors (Lipinski definition) is 1. The van der Waals surface area contributed by atoms with E-state index in [9.17, 15) is 4.79 Å². The zero-order valence-electron chi connectivity index (χ0n) is 15.2. The van der Waals surface area contributed by atoms with E-state index < -0.39 is 0 Å². The number of rotatable bonds is 4. The van der Waals surface area contributed by atoms with Crippen molar-refractivity contribution in [3.05, 3.63) is 87.5 Å². The Hall–Kier alpha value is -2.57. The number of amides is 1. The number of aryl methyl sites for hydroxylation is 1. The molecule has 0 atom stereocenters. The number of benzene rings is 2. The van der Waals surface area contributed by atoms with Gasteiger partial charge >= 0.3 is 0 Å². The van der Waals surface area contributed by atoms with E-state index in [1.165, 1.54) is 17.3 Å². The molecule has 3 aromatic rings. The number of hydrogen-bond acceptors (Lipinski definition) is 3. The molecule has 1 fully saturated rings.